The summed E-state index contributed by atoms with van der Waals surface area (Å²) in [6, 6.07) is 16.0. The van der Waals surface area contributed by atoms with E-state index in [1.54, 1.807) is 0 Å². The second-order valence-electron chi connectivity index (χ2n) is 9.00. The van der Waals surface area contributed by atoms with Crippen molar-refractivity contribution < 1.29 is 24.2 Å². The Kier molecular flexibility index (Phi) is 9.08. The van der Waals surface area contributed by atoms with Crippen molar-refractivity contribution >= 4 is 18.0 Å². The van der Waals surface area contributed by atoms with Crippen LogP contribution in [0.1, 0.15) is 63.0 Å². The van der Waals surface area contributed by atoms with Crippen LogP contribution in [-0.2, 0) is 14.3 Å². The van der Waals surface area contributed by atoms with Gasteiger partial charge in [-0.15, -0.1) is 0 Å². The summed E-state index contributed by atoms with van der Waals surface area (Å²) in [6.07, 6.45) is 1.78. The molecule has 2 atom stereocenters. The zero-order valence-electron chi connectivity index (χ0n) is 19.9. The summed E-state index contributed by atoms with van der Waals surface area (Å²) in [5.74, 6) is -1.03. The summed E-state index contributed by atoms with van der Waals surface area (Å²) in [6.45, 7) is 4.49. The van der Waals surface area contributed by atoms with Crippen molar-refractivity contribution in [2.24, 2.45) is 5.92 Å². The lowest BCUT2D eigenvalue weighted by Gasteiger charge is -2.19. The summed E-state index contributed by atoms with van der Waals surface area (Å²) in [5.41, 5.74) is 4.65. The quantitative estimate of drug-likeness (QED) is 0.421. The maximum absolute atomic E-state index is 12.6. The number of hydrogen-bond acceptors (Lipinski definition) is 4. The van der Waals surface area contributed by atoms with E-state index in [1.165, 1.54) is 11.1 Å². The largest absolute Gasteiger partial charge is 0.481 e. The van der Waals surface area contributed by atoms with Crippen LogP contribution in [0.4, 0.5) is 4.79 Å². The van der Waals surface area contributed by atoms with E-state index in [4.69, 9.17) is 9.84 Å². The summed E-state index contributed by atoms with van der Waals surface area (Å²) in [5, 5.41) is 14.5. The van der Waals surface area contributed by atoms with Crippen molar-refractivity contribution in [3.8, 4) is 11.1 Å². The number of nitrogens with one attached hydrogen (secondary N) is 2. The smallest absolute Gasteiger partial charge is 0.407 e. The highest BCUT2D eigenvalue weighted by atomic mass is 16.5. The molecule has 0 aliphatic heterocycles. The van der Waals surface area contributed by atoms with Crippen LogP contribution in [0.3, 0.4) is 0 Å². The van der Waals surface area contributed by atoms with Gasteiger partial charge >= 0.3 is 12.1 Å². The summed E-state index contributed by atoms with van der Waals surface area (Å²) in [7, 11) is 0. The fourth-order valence-corrected chi connectivity index (χ4v) is 4.53. The Balaban J connectivity index is 1.49. The van der Waals surface area contributed by atoms with Gasteiger partial charge in [-0.3, -0.25) is 9.59 Å². The molecule has 0 bridgehead atoms. The van der Waals surface area contributed by atoms with Gasteiger partial charge in [0.25, 0.3) is 0 Å². The SMILES string of the molecule is CCC[C@@H](CC(=O)NCCC(C)CC(=O)O)NC(=O)OCC1c2ccccc2-c2ccccc21. The van der Waals surface area contributed by atoms with E-state index in [1.807, 2.05) is 38.1 Å². The number of alkyl carbamates (subject to hydrolysis) is 1. The van der Waals surface area contributed by atoms with Gasteiger partial charge in [-0.25, -0.2) is 4.79 Å². The lowest BCUT2D eigenvalue weighted by Crippen LogP contribution is -2.40. The van der Waals surface area contributed by atoms with Crippen LogP contribution in [0.5, 0.6) is 0 Å². The van der Waals surface area contributed by atoms with Crippen LogP contribution in [0, 0.1) is 5.92 Å². The third-order valence-corrected chi connectivity index (χ3v) is 6.22. The third-order valence-electron chi connectivity index (χ3n) is 6.22. The fourth-order valence-electron chi connectivity index (χ4n) is 4.53. The van der Waals surface area contributed by atoms with Crippen molar-refractivity contribution in [3.05, 3.63) is 59.7 Å². The van der Waals surface area contributed by atoms with Crippen molar-refractivity contribution in [2.45, 2.75) is 57.9 Å². The Morgan fingerprint density at radius 3 is 2.18 bits per heavy atom. The van der Waals surface area contributed by atoms with Crippen LogP contribution >= 0.6 is 0 Å². The molecule has 2 aromatic rings. The molecule has 0 saturated heterocycles. The van der Waals surface area contributed by atoms with Gasteiger partial charge in [-0.1, -0.05) is 68.8 Å². The second kappa shape index (κ2) is 12.2. The maximum atomic E-state index is 12.6. The van der Waals surface area contributed by atoms with E-state index in [-0.39, 0.29) is 43.2 Å². The van der Waals surface area contributed by atoms with Gasteiger partial charge < -0.3 is 20.5 Å². The number of hydrogen-bond donors (Lipinski definition) is 3. The van der Waals surface area contributed by atoms with Crippen LogP contribution < -0.4 is 10.6 Å². The Morgan fingerprint density at radius 2 is 1.59 bits per heavy atom. The van der Waals surface area contributed by atoms with Gasteiger partial charge in [0.1, 0.15) is 6.61 Å². The zero-order valence-corrected chi connectivity index (χ0v) is 19.9. The van der Waals surface area contributed by atoms with Crippen LogP contribution in [0.2, 0.25) is 0 Å². The molecule has 7 nitrogen and oxygen atoms in total. The number of carbonyl (C=O) groups is 3. The Bertz CT molecular complexity index is 961. The molecule has 1 aliphatic rings. The molecular formula is C27H34N2O5. The van der Waals surface area contributed by atoms with Crippen molar-refractivity contribution in [3.63, 3.8) is 0 Å². The number of ether oxygens (including phenoxy) is 1. The Morgan fingerprint density at radius 1 is 0.971 bits per heavy atom. The lowest BCUT2D eigenvalue weighted by molar-refractivity contribution is -0.138. The molecule has 2 aromatic carbocycles. The van der Waals surface area contributed by atoms with Gasteiger partial charge in [0, 0.05) is 31.3 Å². The molecule has 7 heteroatoms. The monoisotopic (exact) mass is 466 g/mol. The highest BCUT2D eigenvalue weighted by molar-refractivity contribution is 5.79. The number of benzene rings is 2. The predicted molar refractivity (Wildman–Crippen MR) is 131 cm³/mol. The standard InChI is InChI=1S/C27H34N2O5/c1-3-8-19(16-25(30)28-14-13-18(2)15-26(31)32)29-27(33)34-17-24-22-11-6-4-9-20(22)21-10-5-7-12-23(21)24/h4-7,9-12,18-19,24H,3,8,13-17H2,1-2H3,(H,28,30)(H,29,33)(H,31,32)/t18?,19-/m0/s1. The molecule has 3 N–H and O–H groups in total. The van der Waals surface area contributed by atoms with E-state index >= 15 is 0 Å². The van der Waals surface area contributed by atoms with Crippen LogP contribution in [0.15, 0.2) is 48.5 Å². The van der Waals surface area contributed by atoms with Crippen molar-refractivity contribution in [1.29, 1.82) is 0 Å². The molecule has 0 heterocycles. The minimum absolute atomic E-state index is 0.0109. The van der Waals surface area contributed by atoms with Crippen molar-refractivity contribution in [2.75, 3.05) is 13.2 Å². The lowest BCUT2D eigenvalue weighted by atomic mass is 9.98. The van der Waals surface area contributed by atoms with E-state index in [9.17, 15) is 14.4 Å². The van der Waals surface area contributed by atoms with Crippen LogP contribution in [-0.4, -0.2) is 42.3 Å². The topological polar surface area (TPSA) is 105 Å². The normalized spacial score (nSPS) is 13.9. The first kappa shape index (κ1) is 25.3. The highest BCUT2D eigenvalue weighted by Gasteiger charge is 2.29. The molecule has 34 heavy (non-hydrogen) atoms. The third kappa shape index (κ3) is 6.83. The first-order chi connectivity index (χ1) is 16.4. The maximum Gasteiger partial charge on any atom is 0.407 e. The average Bonchev–Trinajstić information content (AvgIpc) is 3.11. The van der Waals surface area contributed by atoms with E-state index < -0.39 is 12.1 Å². The molecule has 0 fully saturated rings. The van der Waals surface area contributed by atoms with Crippen molar-refractivity contribution in [1.82, 2.24) is 10.6 Å². The number of carbonyl (C=O) groups excluding carboxylic acids is 2. The average molecular weight is 467 g/mol. The van der Waals surface area contributed by atoms with Gasteiger partial charge in [0.05, 0.1) is 0 Å². The van der Waals surface area contributed by atoms with E-state index in [2.05, 4.69) is 34.9 Å². The van der Waals surface area contributed by atoms with Crippen LogP contribution in [0.25, 0.3) is 11.1 Å². The molecule has 0 saturated carbocycles. The molecule has 0 aromatic heterocycles. The van der Waals surface area contributed by atoms with E-state index in [0.717, 1.165) is 17.5 Å². The molecule has 0 spiro atoms. The second-order valence-corrected chi connectivity index (χ2v) is 9.00. The number of aliphatic carboxylic acids is 1. The molecule has 3 rings (SSSR count). The fraction of sp³-hybridized carbons (Fsp3) is 0.444. The molecule has 1 unspecified atom stereocenters. The summed E-state index contributed by atoms with van der Waals surface area (Å²) < 4.78 is 5.61. The van der Waals surface area contributed by atoms with Gasteiger partial charge in [0.2, 0.25) is 5.91 Å². The van der Waals surface area contributed by atoms with Gasteiger partial charge in [-0.05, 0) is 41.0 Å². The summed E-state index contributed by atoms with van der Waals surface area (Å²) in [4.78, 5) is 35.7. The minimum Gasteiger partial charge on any atom is -0.481 e. The molecule has 2 amide bonds. The number of rotatable bonds is 12. The number of carboxylic acid groups (broad SMARTS) is 1. The molecule has 0 radical (unpaired) electrons. The van der Waals surface area contributed by atoms with Gasteiger partial charge in [0.15, 0.2) is 0 Å². The highest BCUT2D eigenvalue weighted by Crippen LogP contribution is 2.44. The Hall–Kier alpha value is -3.35. The number of amides is 2. The van der Waals surface area contributed by atoms with Gasteiger partial charge in [-0.2, -0.15) is 0 Å². The molecular weight excluding hydrogens is 432 g/mol. The number of carboxylic acids is 1. The summed E-state index contributed by atoms with van der Waals surface area (Å²) >= 11 is 0. The number of fused-ring (bicyclic) bond motifs is 3. The molecule has 182 valence electrons. The molecule has 1 aliphatic carbocycles. The first-order valence-corrected chi connectivity index (χ1v) is 12.0. The minimum atomic E-state index is -0.839. The Labute approximate surface area is 200 Å². The predicted octanol–water partition coefficient (Wildman–Crippen LogP) is 4.70. The first-order valence-electron chi connectivity index (χ1n) is 12.0. The van der Waals surface area contributed by atoms with E-state index in [0.29, 0.717) is 19.4 Å². The zero-order chi connectivity index (χ0) is 24.5.